The second kappa shape index (κ2) is 4.64. The van der Waals surface area contributed by atoms with E-state index < -0.39 is 0 Å². The molecule has 2 amide bonds. The third kappa shape index (κ3) is 2.60. The Balaban J connectivity index is 1.83. The van der Waals surface area contributed by atoms with Crippen molar-refractivity contribution in [1.82, 2.24) is 10.2 Å². The van der Waals surface area contributed by atoms with Gasteiger partial charge in [0.1, 0.15) is 0 Å². The lowest BCUT2D eigenvalue weighted by atomic mass is 9.68. The maximum atomic E-state index is 12.2. The van der Waals surface area contributed by atoms with Crippen LogP contribution in [0.4, 0.5) is 0 Å². The second-order valence-electron chi connectivity index (χ2n) is 5.34. The highest BCUT2D eigenvalue weighted by atomic mass is 16.2. The van der Waals surface area contributed by atoms with Crippen LogP contribution < -0.4 is 11.1 Å². The molecule has 0 aromatic heterocycles. The maximum absolute atomic E-state index is 12.2. The zero-order valence-electron chi connectivity index (χ0n) is 10.4. The van der Waals surface area contributed by atoms with E-state index in [1.165, 1.54) is 4.90 Å². The average Bonchev–Trinajstić information content (AvgIpc) is 3.00. The van der Waals surface area contributed by atoms with Gasteiger partial charge < -0.3 is 16.0 Å². The number of hydrogen-bond donors (Lipinski definition) is 2. The molecule has 5 heteroatoms. The van der Waals surface area contributed by atoms with Crippen LogP contribution in [0.2, 0.25) is 0 Å². The van der Waals surface area contributed by atoms with Crippen LogP contribution in [0.25, 0.3) is 0 Å². The molecule has 2 saturated carbocycles. The van der Waals surface area contributed by atoms with Crippen LogP contribution in [0.3, 0.4) is 0 Å². The number of nitrogens with zero attached hydrogens (tertiary/aromatic N) is 1. The summed E-state index contributed by atoms with van der Waals surface area (Å²) in [6.45, 7) is 0.539. The minimum atomic E-state index is -0.380. The summed E-state index contributed by atoms with van der Waals surface area (Å²) in [4.78, 5) is 25.3. The number of carbonyl (C=O) groups is 2. The molecule has 3 N–H and O–H groups in total. The summed E-state index contributed by atoms with van der Waals surface area (Å²) in [6.07, 6.45) is 4.91. The first-order chi connectivity index (χ1) is 8.07. The van der Waals surface area contributed by atoms with Gasteiger partial charge in [-0.1, -0.05) is 6.42 Å². The number of carbonyl (C=O) groups excluding carboxylic acids is 2. The summed E-state index contributed by atoms with van der Waals surface area (Å²) >= 11 is 0. The quantitative estimate of drug-likeness (QED) is 0.700. The van der Waals surface area contributed by atoms with Gasteiger partial charge in [-0.2, -0.15) is 0 Å². The molecule has 0 spiro atoms. The SMILES string of the molecule is CN(CC(=O)NC1CC1)C(=O)C1(CN)CCC1. The Bertz CT molecular complexity index is 316. The molecule has 0 aromatic rings. The van der Waals surface area contributed by atoms with E-state index in [4.69, 9.17) is 5.73 Å². The van der Waals surface area contributed by atoms with Crippen molar-refractivity contribution >= 4 is 11.8 Å². The van der Waals surface area contributed by atoms with E-state index in [1.54, 1.807) is 7.05 Å². The van der Waals surface area contributed by atoms with Crippen LogP contribution >= 0.6 is 0 Å². The predicted molar refractivity (Wildman–Crippen MR) is 64.1 cm³/mol. The molecule has 17 heavy (non-hydrogen) atoms. The molecular formula is C12H21N3O2. The van der Waals surface area contributed by atoms with E-state index in [2.05, 4.69) is 5.32 Å². The van der Waals surface area contributed by atoms with Gasteiger partial charge in [-0.05, 0) is 25.7 Å². The van der Waals surface area contributed by atoms with E-state index in [1.807, 2.05) is 0 Å². The van der Waals surface area contributed by atoms with E-state index in [-0.39, 0.29) is 23.8 Å². The van der Waals surface area contributed by atoms with Crippen LogP contribution in [-0.2, 0) is 9.59 Å². The van der Waals surface area contributed by atoms with Gasteiger partial charge in [-0.15, -0.1) is 0 Å². The molecule has 0 heterocycles. The number of likely N-dealkylation sites (N-methyl/N-ethyl adjacent to an activating group) is 1. The molecule has 2 aliphatic carbocycles. The minimum absolute atomic E-state index is 0.0252. The average molecular weight is 239 g/mol. The number of amides is 2. The first kappa shape index (κ1) is 12.4. The Morgan fingerprint density at radius 1 is 1.41 bits per heavy atom. The molecule has 0 aliphatic heterocycles. The molecule has 2 rings (SSSR count). The summed E-state index contributed by atoms with van der Waals surface area (Å²) in [5.74, 6) is -0.0351. The van der Waals surface area contributed by atoms with Crippen molar-refractivity contribution in [2.75, 3.05) is 20.1 Å². The number of nitrogens with one attached hydrogen (secondary N) is 1. The van der Waals surface area contributed by atoms with Crippen LogP contribution in [0.1, 0.15) is 32.1 Å². The maximum Gasteiger partial charge on any atom is 0.239 e. The van der Waals surface area contributed by atoms with Crippen LogP contribution in [0, 0.1) is 5.41 Å². The number of nitrogens with two attached hydrogens (primary N) is 1. The molecule has 0 radical (unpaired) electrons. The number of rotatable bonds is 5. The topological polar surface area (TPSA) is 75.4 Å². The van der Waals surface area contributed by atoms with Crippen molar-refractivity contribution in [3.8, 4) is 0 Å². The molecule has 2 aliphatic rings. The van der Waals surface area contributed by atoms with Crippen LogP contribution in [0.5, 0.6) is 0 Å². The summed E-state index contributed by atoms with van der Waals surface area (Å²) in [6, 6.07) is 0.346. The predicted octanol–water partition coefficient (Wildman–Crippen LogP) is -0.148. The van der Waals surface area contributed by atoms with Crippen LogP contribution in [0.15, 0.2) is 0 Å². The molecular weight excluding hydrogens is 218 g/mol. The number of hydrogen-bond acceptors (Lipinski definition) is 3. The highest BCUT2D eigenvalue weighted by Gasteiger charge is 2.44. The van der Waals surface area contributed by atoms with Gasteiger partial charge in [0.25, 0.3) is 0 Å². The van der Waals surface area contributed by atoms with Gasteiger partial charge in [0.05, 0.1) is 12.0 Å². The highest BCUT2D eigenvalue weighted by Crippen LogP contribution is 2.41. The van der Waals surface area contributed by atoms with Gasteiger partial charge in [0.2, 0.25) is 11.8 Å². The lowest BCUT2D eigenvalue weighted by molar-refractivity contribution is -0.147. The summed E-state index contributed by atoms with van der Waals surface area (Å²) in [5.41, 5.74) is 5.30. The van der Waals surface area contributed by atoms with Crippen molar-refractivity contribution < 1.29 is 9.59 Å². The molecule has 0 saturated heterocycles. The van der Waals surface area contributed by atoms with Gasteiger partial charge in [-0.3, -0.25) is 9.59 Å². The lowest BCUT2D eigenvalue weighted by Crippen LogP contribution is -2.52. The third-order valence-electron chi connectivity index (χ3n) is 3.83. The van der Waals surface area contributed by atoms with Gasteiger partial charge >= 0.3 is 0 Å². The van der Waals surface area contributed by atoms with Gasteiger partial charge in [-0.25, -0.2) is 0 Å². The van der Waals surface area contributed by atoms with Gasteiger partial charge in [0.15, 0.2) is 0 Å². The minimum Gasteiger partial charge on any atom is -0.352 e. The second-order valence-corrected chi connectivity index (χ2v) is 5.34. The smallest absolute Gasteiger partial charge is 0.239 e. The first-order valence-corrected chi connectivity index (χ1v) is 6.32. The van der Waals surface area contributed by atoms with Crippen molar-refractivity contribution in [3.05, 3.63) is 0 Å². The highest BCUT2D eigenvalue weighted by molar-refractivity contribution is 5.88. The van der Waals surface area contributed by atoms with Crippen molar-refractivity contribution in [2.45, 2.75) is 38.1 Å². The Morgan fingerprint density at radius 2 is 2.06 bits per heavy atom. The zero-order chi connectivity index (χ0) is 12.5. The van der Waals surface area contributed by atoms with Crippen molar-refractivity contribution in [1.29, 1.82) is 0 Å². The van der Waals surface area contributed by atoms with Gasteiger partial charge in [0, 0.05) is 19.6 Å². The molecule has 2 fully saturated rings. The summed E-state index contributed by atoms with van der Waals surface area (Å²) < 4.78 is 0. The first-order valence-electron chi connectivity index (χ1n) is 6.32. The van der Waals surface area contributed by atoms with Crippen LogP contribution in [-0.4, -0.2) is 42.9 Å². The summed E-state index contributed by atoms with van der Waals surface area (Å²) in [5, 5.41) is 2.88. The fourth-order valence-corrected chi connectivity index (χ4v) is 2.30. The zero-order valence-corrected chi connectivity index (χ0v) is 10.4. The Labute approximate surface area is 102 Å². The molecule has 96 valence electrons. The summed E-state index contributed by atoms with van der Waals surface area (Å²) in [7, 11) is 1.69. The molecule has 0 unspecified atom stereocenters. The van der Waals surface area contributed by atoms with E-state index in [9.17, 15) is 9.59 Å². The monoisotopic (exact) mass is 239 g/mol. The van der Waals surface area contributed by atoms with E-state index in [0.717, 1.165) is 32.1 Å². The Kier molecular flexibility index (Phi) is 3.38. The Hall–Kier alpha value is -1.10. The molecule has 5 nitrogen and oxygen atoms in total. The third-order valence-corrected chi connectivity index (χ3v) is 3.83. The fraction of sp³-hybridized carbons (Fsp3) is 0.833. The molecule has 0 atom stereocenters. The van der Waals surface area contributed by atoms with E-state index >= 15 is 0 Å². The Morgan fingerprint density at radius 3 is 2.47 bits per heavy atom. The molecule has 0 bridgehead atoms. The lowest BCUT2D eigenvalue weighted by Gasteiger charge is -2.41. The fourth-order valence-electron chi connectivity index (χ4n) is 2.30. The van der Waals surface area contributed by atoms with Crippen molar-refractivity contribution in [2.24, 2.45) is 11.1 Å². The standard InChI is InChI=1S/C12H21N3O2/c1-15(7-10(16)14-9-3-4-9)11(17)12(8-13)5-2-6-12/h9H,2-8,13H2,1H3,(H,14,16). The van der Waals surface area contributed by atoms with Crippen molar-refractivity contribution in [3.63, 3.8) is 0 Å². The van der Waals surface area contributed by atoms with E-state index in [0.29, 0.717) is 12.6 Å². The largest absolute Gasteiger partial charge is 0.352 e. The molecule has 0 aromatic carbocycles. The normalized spacial score (nSPS) is 21.5.